The largest absolute Gasteiger partial charge is 0.329 e. The molecule has 0 aliphatic heterocycles. The fraction of sp³-hybridized carbons (Fsp3) is 0.611. The van der Waals surface area contributed by atoms with Gasteiger partial charge >= 0.3 is 0 Å². The van der Waals surface area contributed by atoms with E-state index in [-0.39, 0.29) is 0 Å². The first-order valence-corrected chi connectivity index (χ1v) is 9.05. The molecule has 1 aromatic carbocycles. The van der Waals surface area contributed by atoms with E-state index in [2.05, 4.69) is 45.1 Å². The predicted octanol–water partition coefficient (Wildman–Crippen LogP) is 2.66. The van der Waals surface area contributed by atoms with E-state index < -0.39 is 0 Å². The zero-order chi connectivity index (χ0) is 16.3. The first kappa shape index (κ1) is 18.2. The summed E-state index contributed by atoms with van der Waals surface area (Å²) in [5, 5.41) is 9.50. The van der Waals surface area contributed by atoms with Crippen molar-refractivity contribution < 1.29 is 0 Å². The second-order valence-corrected chi connectivity index (χ2v) is 6.40. The van der Waals surface area contributed by atoms with Gasteiger partial charge in [-0.2, -0.15) is 4.99 Å². The number of benzene rings is 1. The zero-order valence-corrected chi connectivity index (χ0v) is 14.6. The summed E-state index contributed by atoms with van der Waals surface area (Å²) in [5.74, 6) is 0.720. The number of nitrogens with zero attached hydrogens (tertiary/aromatic N) is 1. The van der Waals surface area contributed by atoms with Crippen LogP contribution < -0.4 is 16.4 Å². The zero-order valence-electron chi connectivity index (χ0n) is 13.8. The van der Waals surface area contributed by atoms with Crippen LogP contribution in [0.1, 0.15) is 31.2 Å². The molecule has 0 radical (unpaired) electrons. The number of nitrogens with two attached hydrogens (primary N) is 1. The number of isothiocyanates is 1. The van der Waals surface area contributed by atoms with Crippen LogP contribution >= 0.6 is 12.2 Å². The molecule has 0 spiro atoms. The summed E-state index contributed by atoms with van der Waals surface area (Å²) in [5.41, 5.74) is 7.76. The number of rotatable bonds is 9. The molecular formula is C18H28N4S. The minimum atomic E-state index is 0.627. The normalized spacial score (nSPS) is 20.9. The number of aliphatic imine (C=N–C) groups is 1. The van der Waals surface area contributed by atoms with E-state index in [1.807, 2.05) is 12.1 Å². The average molecular weight is 333 g/mol. The Kier molecular flexibility index (Phi) is 8.43. The Bertz CT molecular complexity index is 496. The number of nitrogens with one attached hydrogen (secondary N) is 2. The molecule has 1 aliphatic rings. The molecule has 23 heavy (non-hydrogen) atoms. The summed E-state index contributed by atoms with van der Waals surface area (Å²) in [7, 11) is 0. The van der Waals surface area contributed by atoms with Gasteiger partial charge in [-0.15, -0.1) is 0 Å². The minimum Gasteiger partial charge on any atom is -0.329 e. The molecule has 1 fully saturated rings. The van der Waals surface area contributed by atoms with Crippen LogP contribution in [-0.4, -0.2) is 37.4 Å². The van der Waals surface area contributed by atoms with Crippen molar-refractivity contribution in [2.45, 2.75) is 38.1 Å². The van der Waals surface area contributed by atoms with Crippen molar-refractivity contribution in [3.05, 3.63) is 29.8 Å². The molecule has 4 N–H and O–H groups in total. The van der Waals surface area contributed by atoms with E-state index in [9.17, 15) is 0 Å². The highest BCUT2D eigenvalue weighted by Crippen LogP contribution is 2.28. The Morgan fingerprint density at radius 3 is 2.65 bits per heavy atom. The molecule has 0 bridgehead atoms. The standard InChI is InChI=1S/C18H28N4S/c19-9-10-20-11-12-21-18-4-2-1-3-16(18)13-15-5-7-17(8-6-15)22-14-23/h5-8,16,18,20-21H,1-4,9-13,19H2. The highest BCUT2D eigenvalue weighted by atomic mass is 32.1. The Morgan fingerprint density at radius 2 is 1.91 bits per heavy atom. The maximum atomic E-state index is 5.49. The molecule has 0 aromatic heterocycles. The molecule has 4 nitrogen and oxygen atoms in total. The van der Waals surface area contributed by atoms with Gasteiger partial charge in [0.15, 0.2) is 0 Å². The highest BCUT2D eigenvalue weighted by molar-refractivity contribution is 7.78. The van der Waals surface area contributed by atoms with Crippen LogP contribution in [0.25, 0.3) is 0 Å². The lowest BCUT2D eigenvalue weighted by Gasteiger charge is -2.32. The fourth-order valence-corrected chi connectivity index (χ4v) is 3.46. The van der Waals surface area contributed by atoms with Crippen molar-refractivity contribution in [1.82, 2.24) is 10.6 Å². The van der Waals surface area contributed by atoms with Crippen LogP contribution in [0.3, 0.4) is 0 Å². The molecule has 1 aliphatic carbocycles. The van der Waals surface area contributed by atoms with Gasteiger partial charge in [0, 0.05) is 32.2 Å². The van der Waals surface area contributed by atoms with Crippen LogP contribution in [0.15, 0.2) is 29.3 Å². The van der Waals surface area contributed by atoms with Crippen LogP contribution in [0, 0.1) is 5.92 Å². The van der Waals surface area contributed by atoms with Gasteiger partial charge in [-0.3, -0.25) is 0 Å². The average Bonchev–Trinajstić information content (AvgIpc) is 2.58. The minimum absolute atomic E-state index is 0.627. The molecule has 2 rings (SSSR count). The van der Waals surface area contributed by atoms with Gasteiger partial charge in [-0.1, -0.05) is 25.0 Å². The summed E-state index contributed by atoms with van der Waals surface area (Å²) in [4.78, 5) is 4.01. The topological polar surface area (TPSA) is 62.4 Å². The molecule has 0 amide bonds. The van der Waals surface area contributed by atoms with Crippen LogP contribution in [0.4, 0.5) is 5.69 Å². The van der Waals surface area contributed by atoms with Gasteiger partial charge in [0.05, 0.1) is 10.8 Å². The molecule has 0 heterocycles. The van der Waals surface area contributed by atoms with Gasteiger partial charge in [0.1, 0.15) is 0 Å². The summed E-state index contributed by atoms with van der Waals surface area (Å²) >= 11 is 4.64. The number of hydrogen-bond donors (Lipinski definition) is 3. The smallest absolute Gasteiger partial charge is 0.0739 e. The second kappa shape index (κ2) is 10.6. The monoisotopic (exact) mass is 332 g/mol. The molecule has 1 aromatic rings. The quantitative estimate of drug-likeness (QED) is 0.370. The van der Waals surface area contributed by atoms with Crippen LogP contribution in [-0.2, 0) is 6.42 Å². The maximum absolute atomic E-state index is 5.49. The van der Waals surface area contributed by atoms with Crippen LogP contribution in [0.5, 0.6) is 0 Å². The molecule has 2 atom stereocenters. The number of thiocarbonyl (C=S) groups is 1. The Balaban J connectivity index is 1.83. The van der Waals surface area contributed by atoms with Crippen molar-refractivity contribution >= 4 is 23.1 Å². The van der Waals surface area contributed by atoms with Gasteiger partial charge in [0.25, 0.3) is 0 Å². The SMILES string of the molecule is NCCNCCNC1CCCCC1Cc1ccc(N=C=S)cc1. The summed E-state index contributed by atoms with van der Waals surface area (Å²) < 4.78 is 0. The Morgan fingerprint density at radius 1 is 1.13 bits per heavy atom. The molecule has 126 valence electrons. The van der Waals surface area contributed by atoms with E-state index in [0.717, 1.165) is 37.7 Å². The van der Waals surface area contributed by atoms with Crippen molar-refractivity contribution in [2.75, 3.05) is 26.2 Å². The van der Waals surface area contributed by atoms with Crippen molar-refractivity contribution in [2.24, 2.45) is 16.6 Å². The van der Waals surface area contributed by atoms with Crippen molar-refractivity contribution in [3.8, 4) is 0 Å². The van der Waals surface area contributed by atoms with E-state index in [1.165, 1.54) is 31.2 Å². The third-order valence-electron chi connectivity index (χ3n) is 4.55. The molecule has 0 saturated heterocycles. The van der Waals surface area contributed by atoms with E-state index >= 15 is 0 Å². The summed E-state index contributed by atoms with van der Waals surface area (Å²) in [6, 6.07) is 9.01. The molecule has 2 unspecified atom stereocenters. The van der Waals surface area contributed by atoms with Gasteiger partial charge in [-0.25, -0.2) is 0 Å². The third-order valence-corrected chi connectivity index (χ3v) is 4.64. The first-order valence-electron chi connectivity index (χ1n) is 8.64. The Hall–Kier alpha value is -1.10. The van der Waals surface area contributed by atoms with Gasteiger partial charge in [-0.05, 0) is 55.1 Å². The second-order valence-electron chi connectivity index (χ2n) is 6.22. The molecular weight excluding hydrogens is 304 g/mol. The van der Waals surface area contributed by atoms with Crippen molar-refractivity contribution in [3.63, 3.8) is 0 Å². The lowest BCUT2D eigenvalue weighted by molar-refractivity contribution is 0.261. The summed E-state index contributed by atoms with van der Waals surface area (Å²) in [6.07, 6.45) is 6.42. The fourth-order valence-electron chi connectivity index (χ4n) is 3.36. The summed E-state index contributed by atoms with van der Waals surface area (Å²) in [6.45, 7) is 3.61. The first-order chi connectivity index (χ1) is 11.3. The third kappa shape index (κ3) is 6.50. The lowest BCUT2D eigenvalue weighted by Crippen LogP contribution is -2.42. The number of hydrogen-bond acceptors (Lipinski definition) is 5. The maximum Gasteiger partial charge on any atom is 0.0739 e. The Labute approximate surface area is 144 Å². The molecule has 5 heteroatoms. The van der Waals surface area contributed by atoms with Gasteiger partial charge in [0.2, 0.25) is 0 Å². The lowest BCUT2D eigenvalue weighted by atomic mass is 9.80. The van der Waals surface area contributed by atoms with E-state index in [4.69, 9.17) is 5.73 Å². The van der Waals surface area contributed by atoms with E-state index in [0.29, 0.717) is 12.6 Å². The van der Waals surface area contributed by atoms with Crippen LogP contribution in [0.2, 0.25) is 0 Å². The van der Waals surface area contributed by atoms with Crippen molar-refractivity contribution in [1.29, 1.82) is 0 Å². The molecule has 1 saturated carbocycles. The van der Waals surface area contributed by atoms with E-state index in [1.54, 1.807) is 0 Å². The highest BCUT2D eigenvalue weighted by Gasteiger charge is 2.24. The predicted molar refractivity (Wildman–Crippen MR) is 101 cm³/mol. The van der Waals surface area contributed by atoms with Gasteiger partial charge < -0.3 is 16.4 Å².